The fraction of sp³-hybridized carbons (Fsp3) is 0.455. The Balaban J connectivity index is 1.82. The van der Waals surface area contributed by atoms with Crippen LogP contribution in [0.15, 0.2) is 23.4 Å². The lowest BCUT2D eigenvalue weighted by Gasteiger charge is -2.12. The third-order valence-electron chi connectivity index (χ3n) is 2.75. The van der Waals surface area contributed by atoms with Gasteiger partial charge in [0.15, 0.2) is 0 Å². The van der Waals surface area contributed by atoms with Crippen LogP contribution in [0.5, 0.6) is 0 Å². The molecule has 0 bridgehead atoms. The van der Waals surface area contributed by atoms with Crippen molar-refractivity contribution >= 4 is 23.4 Å². The van der Waals surface area contributed by atoms with Crippen LogP contribution >= 0.6 is 11.8 Å². The van der Waals surface area contributed by atoms with Gasteiger partial charge in [0.2, 0.25) is 0 Å². The van der Waals surface area contributed by atoms with Crippen LogP contribution < -0.4 is 17.0 Å². The number of pyridine rings is 1. The van der Waals surface area contributed by atoms with Gasteiger partial charge in [0, 0.05) is 11.9 Å². The minimum atomic E-state index is -0.429. The zero-order chi connectivity index (χ0) is 13.0. The molecule has 2 rings (SSSR count). The maximum atomic E-state index is 11.3. The summed E-state index contributed by atoms with van der Waals surface area (Å²) in [6.45, 7) is 0. The number of carbonyl (C=O) groups is 1. The molecule has 0 saturated carbocycles. The van der Waals surface area contributed by atoms with Gasteiger partial charge in [0.1, 0.15) is 11.1 Å². The van der Waals surface area contributed by atoms with Crippen molar-refractivity contribution < 1.29 is 9.53 Å². The lowest BCUT2D eigenvalue weighted by Crippen LogP contribution is -2.39. The molecule has 1 saturated heterocycles. The van der Waals surface area contributed by atoms with Crippen molar-refractivity contribution in [1.29, 1.82) is 0 Å². The molecule has 2 heterocycles. The highest BCUT2D eigenvalue weighted by Crippen LogP contribution is 2.28. The second-order valence-corrected chi connectivity index (χ2v) is 5.05. The summed E-state index contributed by atoms with van der Waals surface area (Å²) in [5, 5.41) is 0.799. The van der Waals surface area contributed by atoms with Gasteiger partial charge < -0.3 is 10.5 Å². The maximum absolute atomic E-state index is 11.3. The summed E-state index contributed by atoms with van der Waals surface area (Å²) in [4.78, 5) is 15.5. The van der Waals surface area contributed by atoms with Crippen molar-refractivity contribution in [3.8, 4) is 0 Å². The third-order valence-corrected chi connectivity index (χ3v) is 3.90. The molecule has 2 atom stereocenters. The highest BCUT2D eigenvalue weighted by molar-refractivity contribution is 7.99. The van der Waals surface area contributed by atoms with Crippen LogP contribution in [0.4, 0.5) is 5.69 Å². The first-order chi connectivity index (χ1) is 8.70. The Hall–Kier alpha value is -1.31. The number of hydrogen-bond donors (Lipinski definition) is 3. The first kappa shape index (κ1) is 13.1. The highest BCUT2D eigenvalue weighted by Gasteiger charge is 2.30. The van der Waals surface area contributed by atoms with Gasteiger partial charge in [-0.15, -0.1) is 11.8 Å². The van der Waals surface area contributed by atoms with Crippen molar-refractivity contribution in [3.05, 3.63) is 18.3 Å². The maximum Gasteiger partial charge on any atom is 0.263 e. The first-order valence-electron chi connectivity index (χ1n) is 5.70. The van der Waals surface area contributed by atoms with Gasteiger partial charge in [0.05, 0.1) is 11.8 Å². The van der Waals surface area contributed by atoms with Crippen molar-refractivity contribution in [2.24, 2.45) is 5.84 Å². The van der Waals surface area contributed by atoms with Crippen molar-refractivity contribution in [1.82, 2.24) is 10.4 Å². The monoisotopic (exact) mass is 268 g/mol. The van der Waals surface area contributed by atoms with Gasteiger partial charge >= 0.3 is 0 Å². The highest BCUT2D eigenvalue weighted by atomic mass is 32.2. The first-order valence-corrected chi connectivity index (χ1v) is 6.68. The zero-order valence-electron chi connectivity index (χ0n) is 9.83. The SMILES string of the molecule is NNC(=O)C1CCC(CSc2ncccc2N)O1. The number of nitrogens with one attached hydrogen (secondary N) is 1. The van der Waals surface area contributed by atoms with E-state index in [1.165, 1.54) is 0 Å². The summed E-state index contributed by atoms with van der Waals surface area (Å²) in [5.41, 5.74) is 8.57. The van der Waals surface area contributed by atoms with Crippen LogP contribution in [-0.2, 0) is 9.53 Å². The van der Waals surface area contributed by atoms with Crippen LogP contribution in [0.1, 0.15) is 12.8 Å². The summed E-state index contributed by atoms with van der Waals surface area (Å²) in [7, 11) is 0. The molecule has 0 radical (unpaired) electrons. The van der Waals surface area contributed by atoms with Crippen LogP contribution in [0.2, 0.25) is 0 Å². The number of nitrogens with two attached hydrogens (primary N) is 2. The lowest BCUT2D eigenvalue weighted by molar-refractivity contribution is -0.131. The number of hydrogen-bond acceptors (Lipinski definition) is 6. The topological polar surface area (TPSA) is 103 Å². The molecule has 6 nitrogen and oxygen atoms in total. The van der Waals surface area contributed by atoms with Gasteiger partial charge in [0.25, 0.3) is 5.91 Å². The van der Waals surface area contributed by atoms with E-state index in [4.69, 9.17) is 16.3 Å². The van der Waals surface area contributed by atoms with E-state index in [2.05, 4.69) is 10.4 Å². The molecular formula is C11H16N4O2S. The number of anilines is 1. The average Bonchev–Trinajstić information content (AvgIpc) is 2.86. The van der Waals surface area contributed by atoms with Gasteiger partial charge in [-0.1, -0.05) is 0 Å². The second kappa shape index (κ2) is 6.03. The van der Waals surface area contributed by atoms with E-state index in [1.54, 1.807) is 24.0 Å². The summed E-state index contributed by atoms with van der Waals surface area (Å²) in [6.07, 6.45) is 2.86. The summed E-state index contributed by atoms with van der Waals surface area (Å²) in [5.74, 6) is 5.54. The van der Waals surface area contributed by atoms with Gasteiger partial charge in [-0.05, 0) is 25.0 Å². The standard InChI is InChI=1S/C11H16N4O2S/c12-8-2-1-5-14-11(8)18-6-7-3-4-9(17-7)10(16)15-13/h1-2,5,7,9H,3-4,6,12-13H2,(H,15,16). The number of amides is 1. The van der Waals surface area contributed by atoms with E-state index in [0.717, 1.165) is 17.2 Å². The van der Waals surface area contributed by atoms with Gasteiger partial charge in [-0.3, -0.25) is 10.2 Å². The lowest BCUT2D eigenvalue weighted by atomic mass is 10.2. The number of thioether (sulfide) groups is 1. The Labute approximate surface area is 109 Å². The summed E-state index contributed by atoms with van der Waals surface area (Å²) in [6, 6.07) is 3.61. The molecule has 0 aliphatic carbocycles. The van der Waals surface area contributed by atoms with Crippen molar-refractivity contribution in [2.75, 3.05) is 11.5 Å². The normalized spacial score (nSPS) is 22.9. The predicted molar refractivity (Wildman–Crippen MR) is 69.6 cm³/mol. The quantitative estimate of drug-likeness (QED) is 0.314. The van der Waals surface area contributed by atoms with E-state index < -0.39 is 6.10 Å². The smallest absolute Gasteiger partial charge is 0.263 e. The molecule has 0 aromatic carbocycles. The third kappa shape index (κ3) is 3.12. The molecule has 1 amide bonds. The van der Waals surface area contributed by atoms with E-state index in [-0.39, 0.29) is 12.0 Å². The predicted octanol–water partition coefficient (Wildman–Crippen LogP) is 0.293. The Morgan fingerprint density at radius 3 is 3.17 bits per heavy atom. The molecule has 1 aliphatic heterocycles. The molecule has 1 aromatic rings. The van der Waals surface area contributed by atoms with Crippen LogP contribution in [0.3, 0.4) is 0 Å². The average molecular weight is 268 g/mol. The molecule has 1 aromatic heterocycles. The molecule has 1 fully saturated rings. The number of nitrogens with zero attached hydrogens (tertiary/aromatic N) is 1. The van der Waals surface area contributed by atoms with Crippen molar-refractivity contribution in [2.45, 2.75) is 30.1 Å². The molecular weight excluding hydrogens is 252 g/mol. The minimum absolute atomic E-state index is 0.0405. The number of aromatic nitrogens is 1. The van der Waals surface area contributed by atoms with Crippen LogP contribution in [0, 0.1) is 0 Å². The number of nitrogen functional groups attached to an aromatic ring is 1. The van der Waals surface area contributed by atoms with E-state index >= 15 is 0 Å². The van der Waals surface area contributed by atoms with Crippen molar-refractivity contribution in [3.63, 3.8) is 0 Å². The van der Waals surface area contributed by atoms with Gasteiger partial charge in [-0.25, -0.2) is 10.8 Å². The fourth-order valence-electron chi connectivity index (χ4n) is 1.81. The Bertz CT molecular complexity index is 429. The molecule has 1 aliphatic rings. The molecule has 0 spiro atoms. The molecule has 18 heavy (non-hydrogen) atoms. The van der Waals surface area contributed by atoms with Crippen LogP contribution in [-0.4, -0.2) is 28.9 Å². The largest absolute Gasteiger partial charge is 0.397 e. The summed E-state index contributed by atoms with van der Waals surface area (Å²) < 4.78 is 5.59. The zero-order valence-corrected chi connectivity index (χ0v) is 10.7. The van der Waals surface area contributed by atoms with E-state index in [0.29, 0.717) is 12.1 Å². The Kier molecular flexibility index (Phi) is 4.40. The van der Waals surface area contributed by atoms with Crippen LogP contribution in [0.25, 0.3) is 0 Å². The Morgan fingerprint density at radius 2 is 2.44 bits per heavy atom. The Morgan fingerprint density at radius 1 is 1.61 bits per heavy atom. The number of hydrazine groups is 1. The number of carbonyl (C=O) groups excluding carboxylic acids is 1. The minimum Gasteiger partial charge on any atom is -0.397 e. The molecule has 5 N–H and O–H groups in total. The fourth-order valence-corrected chi connectivity index (χ4v) is 2.77. The number of rotatable bonds is 4. The molecule has 2 unspecified atom stereocenters. The summed E-state index contributed by atoms with van der Waals surface area (Å²) >= 11 is 1.54. The van der Waals surface area contributed by atoms with E-state index in [9.17, 15) is 4.79 Å². The second-order valence-electron chi connectivity index (χ2n) is 4.04. The van der Waals surface area contributed by atoms with Gasteiger partial charge in [-0.2, -0.15) is 0 Å². The number of ether oxygens (including phenoxy) is 1. The molecule has 98 valence electrons. The molecule has 7 heteroatoms. The van der Waals surface area contributed by atoms with E-state index in [1.807, 2.05) is 6.07 Å².